The molecule has 0 spiro atoms. The summed E-state index contributed by atoms with van der Waals surface area (Å²) in [5.74, 6) is 2.98. The number of amides is 1. The van der Waals surface area contributed by atoms with Crippen molar-refractivity contribution in [1.29, 1.82) is 0 Å². The fourth-order valence-electron chi connectivity index (χ4n) is 6.15. The van der Waals surface area contributed by atoms with Gasteiger partial charge in [0.05, 0.1) is 0 Å². The molecule has 1 aliphatic heterocycles. The highest BCUT2D eigenvalue weighted by Crippen LogP contribution is 2.61. The molecule has 2 heterocycles. The van der Waals surface area contributed by atoms with Gasteiger partial charge >= 0.3 is 0 Å². The summed E-state index contributed by atoms with van der Waals surface area (Å²) in [7, 11) is 0. The predicted octanol–water partition coefficient (Wildman–Crippen LogP) is 3.37. The Hall–Kier alpha value is -0.720. The maximum Gasteiger partial charge on any atom is 0.229 e. The molecule has 5 fully saturated rings. The highest BCUT2D eigenvalue weighted by atomic mass is 35.5. The monoisotopic (exact) mass is 382 g/mol. The highest BCUT2D eigenvalue weighted by molar-refractivity contribution is 7.15. The summed E-state index contributed by atoms with van der Waals surface area (Å²) in [5, 5.41) is 17.1. The van der Waals surface area contributed by atoms with Crippen molar-refractivity contribution in [3.8, 4) is 0 Å². The van der Waals surface area contributed by atoms with Crippen LogP contribution >= 0.6 is 23.7 Å². The van der Waals surface area contributed by atoms with E-state index in [1.165, 1.54) is 43.5 Å². The van der Waals surface area contributed by atoms with Crippen LogP contribution in [-0.4, -0.2) is 29.2 Å². The molecule has 0 atom stereocenters. The minimum absolute atomic E-state index is 0. The number of carbonyl (C=O) groups excluding carboxylic acids is 1. The average Bonchev–Trinajstić information content (AvgIpc) is 3.04. The number of aromatic nitrogens is 2. The number of piperidine rings is 1. The zero-order chi connectivity index (χ0) is 16.1. The molecule has 0 aromatic carbocycles. The minimum atomic E-state index is 0. The van der Waals surface area contributed by atoms with E-state index in [2.05, 4.69) is 20.8 Å². The second-order valence-electron chi connectivity index (χ2n) is 8.62. The van der Waals surface area contributed by atoms with Gasteiger partial charge in [0, 0.05) is 11.3 Å². The van der Waals surface area contributed by atoms with Gasteiger partial charge in [-0.3, -0.25) is 4.79 Å². The van der Waals surface area contributed by atoms with Crippen LogP contribution in [0.3, 0.4) is 0 Å². The number of halogens is 1. The topological polar surface area (TPSA) is 66.9 Å². The summed E-state index contributed by atoms with van der Waals surface area (Å²) >= 11 is 1.64. The molecule has 7 heteroatoms. The molecular formula is C18H27ClN4OS. The van der Waals surface area contributed by atoms with Crippen molar-refractivity contribution in [3.63, 3.8) is 0 Å². The Morgan fingerprint density at radius 2 is 1.64 bits per heavy atom. The fraction of sp³-hybridized carbons (Fsp3) is 0.833. The Morgan fingerprint density at radius 1 is 1.04 bits per heavy atom. The largest absolute Gasteiger partial charge is 0.317 e. The van der Waals surface area contributed by atoms with E-state index < -0.39 is 0 Å². The molecule has 4 aliphatic carbocycles. The van der Waals surface area contributed by atoms with Crippen LogP contribution in [0.15, 0.2) is 0 Å². The van der Waals surface area contributed by atoms with Gasteiger partial charge in [0.2, 0.25) is 11.0 Å². The normalized spacial score (nSPS) is 36.9. The third-order valence-corrected chi connectivity index (χ3v) is 7.94. The van der Waals surface area contributed by atoms with Crippen LogP contribution in [0, 0.1) is 23.7 Å². The molecule has 2 N–H and O–H groups in total. The molecule has 25 heavy (non-hydrogen) atoms. The lowest BCUT2D eigenvalue weighted by atomic mass is 9.50. The van der Waals surface area contributed by atoms with Gasteiger partial charge in [0.25, 0.3) is 0 Å². The Morgan fingerprint density at radius 3 is 2.24 bits per heavy atom. The molecule has 6 rings (SSSR count). The lowest BCUT2D eigenvalue weighted by Gasteiger charge is -2.55. The van der Waals surface area contributed by atoms with E-state index in [0.717, 1.165) is 43.7 Å². The smallest absolute Gasteiger partial charge is 0.229 e. The molecule has 4 bridgehead atoms. The Balaban J connectivity index is 0.00000157. The van der Waals surface area contributed by atoms with E-state index >= 15 is 0 Å². The second kappa shape index (κ2) is 6.78. The van der Waals surface area contributed by atoms with Crippen molar-refractivity contribution < 1.29 is 4.79 Å². The number of hydrogen-bond donors (Lipinski definition) is 2. The summed E-state index contributed by atoms with van der Waals surface area (Å²) in [4.78, 5) is 12.4. The molecule has 4 saturated carbocycles. The Kier molecular flexibility index (Phi) is 4.80. The lowest BCUT2D eigenvalue weighted by molar-refractivity contribution is -0.120. The van der Waals surface area contributed by atoms with Crippen LogP contribution in [0.5, 0.6) is 0 Å². The van der Waals surface area contributed by atoms with Crippen molar-refractivity contribution in [3.05, 3.63) is 5.01 Å². The molecule has 1 aromatic rings. The van der Waals surface area contributed by atoms with E-state index in [0.29, 0.717) is 5.13 Å². The van der Waals surface area contributed by atoms with Gasteiger partial charge in [-0.05, 0) is 82.2 Å². The molecule has 1 aromatic heterocycles. The third-order valence-electron chi connectivity index (χ3n) is 6.86. The van der Waals surface area contributed by atoms with Crippen LogP contribution in [-0.2, 0) is 10.2 Å². The van der Waals surface area contributed by atoms with Gasteiger partial charge in [-0.2, -0.15) is 0 Å². The predicted molar refractivity (Wildman–Crippen MR) is 101 cm³/mol. The van der Waals surface area contributed by atoms with Gasteiger partial charge in [0.1, 0.15) is 5.01 Å². The molecule has 5 nitrogen and oxygen atoms in total. The highest BCUT2D eigenvalue weighted by Gasteiger charge is 2.53. The van der Waals surface area contributed by atoms with Crippen molar-refractivity contribution in [2.45, 2.75) is 56.8 Å². The quantitative estimate of drug-likeness (QED) is 0.841. The lowest BCUT2D eigenvalue weighted by Crippen LogP contribution is -2.48. The van der Waals surface area contributed by atoms with E-state index in [1.54, 1.807) is 11.3 Å². The van der Waals surface area contributed by atoms with E-state index in [4.69, 9.17) is 0 Å². The standard InChI is InChI=1S/C18H26N4OS.ClH/c23-15(14-1-3-19-4-2-14)20-17-22-21-16(24-17)18-8-11-5-12(9-18)7-13(6-11)10-18;/h11-14,19H,1-10H2,(H,20,22,23);1H. The van der Waals surface area contributed by atoms with Crippen LogP contribution in [0.1, 0.15) is 56.4 Å². The third kappa shape index (κ3) is 3.21. The molecule has 0 unspecified atom stereocenters. The van der Waals surface area contributed by atoms with Crippen molar-refractivity contribution >= 4 is 34.8 Å². The molecule has 138 valence electrons. The van der Waals surface area contributed by atoms with Gasteiger partial charge in [0.15, 0.2) is 0 Å². The maximum absolute atomic E-state index is 12.4. The van der Waals surface area contributed by atoms with Crippen LogP contribution < -0.4 is 10.6 Å². The van der Waals surface area contributed by atoms with Crippen molar-refractivity contribution in [1.82, 2.24) is 15.5 Å². The van der Waals surface area contributed by atoms with Gasteiger partial charge in [-0.25, -0.2) is 0 Å². The minimum Gasteiger partial charge on any atom is -0.317 e. The summed E-state index contributed by atoms with van der Waals surface area (Å²) in [6.07, 6.45) is 10.1. The number of carbonyl (C=O) groups is 1. The molecular weight excluding hydrogens is 356 g/mol. The molecule has 1 amide bonds. The first-order chi connectivity index (χ1) is 11.7. The zero-order valence-corrected chi connectivity index (χ0v) is 16.1. The summed E-state index contributed by atoms with van der Waals surface area (Å²) < 4.78 is 0. The first-order valence-corrected chi connectivity index (χ1v) is 10.4. The number of nitrogens with one attached hydrogen (secondary N) is 2. The van der Waals surface area contributed by atoms with Crippen LogP contribution in [0.2, 0.25) is 0 Å². The Bertz CT molecular complexity index is 607. The number of anilines is 1. The summed E-state index contributed by atoms with van der Waals surface area (Å²) in [5.41, 5.74) is 0.282. The molecule has 5 aliphatic rings. The summed E-state index contributed by atoms with van der Waals surface area (Å²) in [6, 6.07) is 0. The molecule has 0 radical (unpaired) electrons. The first kappa shape index (κ1) is 17.7. The number of nitrogens with zero attached hydrogens (tertiary/aromatic N) is 2. The van der Waals surface area contributed by atoms with Crippen LogP contribution in [0.4, 0.5) is 5.13 Å². The van der Waals surface area contributed by atoms with Gasteiger partial charge in [-0.1, -0.05) is 11.3 Å². The van der Waals surface area contributed by atoms with Crippen LogP contribution in [0.25, 0.3) is 0 Å². The van der Waals surface area contributed by atoms with E-state index in [9.17, 15) is 4.79 Å². The number of hydrogen-bond acceptors (Lipinski definition) is 5. The van der Waals surface area contributed by atoms with Crippen molar-refractivity contribution in [2.75, 3.05) is 18.4 Å². The number of rotatable bonds is 3. The fourth-order valence-corrected chi connectivity index (χ4v) is 7.12. The second-order valence-corrected chi connectivity index (χ2v) is 9.60. The van der Waals surface area contributed by atoms with E-state index in [1.807, 2.05) is 0 Å². The maximum atomic E-state index is 12.4. The Labute approximate surface area is 159 Å². The zero-order valence-electron chi connectivity index (χ0n) is 14.5. The van der Waals surface area contributed by atoms with Gasteiger partial charge in [-0.15, -0.1) is 22.6 Å². The average molecular weight is 383 g/mol. The van der Waals surface area contributed by atoms with Crippen molar-refractivity contribution in [2.24, 2.45) is 23.7 Å². The summed E-state index contributed by atoms with van der Waals surface area (Å²) in [6.45, 7) is 1.87. The van der Waals surface area contributed by atoms with Gasteiger partial charge < -0.3 is 10.6 Å². The van der Waals surface area contributed by atoms with E-state index in [-0.39, 0.29) is 29.6 Å². The first-order valence-electron chi connectivity index (χ1n) is 9.56. The SMILES string of the molecule is Cl.O=C(Nc1nnc(C23CC4CC(CC(C4)C2)C3)s1)C1CCNCC1. The molecule has 1 saturated heterocycles.